The standard InChI is InChI=1S/C17H20N4O.C2HF3O2/c1-11-15(14-7-8-18-9-13(14)10-19-11)16-20-17(22-21-16)12-5-3-2-4-6-12;3-2(4,5)1(6)7/h2-3,10,12,18H,4-9H2,1H3;(H,6,7). The van der Waals surface area contributed by atoms with Crippen LogP contribution in [-0.4, -0.2) is 38.9 Å². The molecule has 2 aliphatic rings. The summed E-state index contributed by atoms with van der Waals surface area (Å²) < 4.78 is 37.3. The highest BCUT2D eigenvalue weighted by molar-refractivity contribution is 5.73. The summed E-state index contributed by atoms with van der Waals surface area (Å²) in [5.41, 5.74) is 4.62. The zero-order valence-electron chi connectivity index (χ0n) is 15.8. The van der Waals surface area contributed by atoms with Crippen LogP contribution in [0.3, 0.4) is 0 Å². The lowest BCUT2D eigenvalue weighted by atomic mass is 9.94. The van der Waals surface area contributed by atoms with Crippen molar-refractivity contribution in [1.29, 1.82) is 0 Å². The number of aliphatic carboxylic acids is 1. The molecule has 0 spiro atoms. The van der Waals surface area contributed by atoms with Crippen LogP contribution in [0.5, 0.6) is 0 Å². The third kappa shape index (κ3) is 5.00. The first kappa shape index (κ1) is 21.0. The lowest BCUT2D eigenvalue weighted by Crippen LogP contribution is -2.24. The monoisotopic (exact) mass is 410 g/mol. The molecule has 0 aromatic carbocycles. The van der Waals surface area contributed by atoms with Gasteiger partial charge in [0.25, 0.3) is 0 Å². The number of hydrogen-bond acceptors (Lipinski definition) is 6. The molecular weight excluding hydrogens is 389 g/mol. The first-order valence-electron chi connectivity index (χ1n) is 9.24. The van der Waals surface area contributed by atoms with Gasteiger partial charge < -0.3 is 14.9 Å². The Morgan fingerprint density at radius 1 is 1.34 bits per heavy atom. The lowest BCUT2D eigenvalue weighted by molar-refractivity contribution is -0.192. The maximum Gasteiger partial charge on any atom is 0.490 e. The number of carboxylic acid groups (broad SMARTS) is 1. The fourth-order valence-electron chi connectivity index (χ4n) is 3.39. The van der Waals surface area contributed by atoms with E-state index in [1.165, 1.54) is 11.1 Å². The van der Waals surface area contributed by atoms with Gasteiger partial charge in [0, 0.05) is 29.9 Å². The summed E-state index contributed by atoms with van der Waals surface area (Å²) in [6, 6.07) is 0. The van der Waals surface area contributed by atoms with E-state index in [0.717, 1.165) is 55.9 Å². The van der Waals surface area contributed by atoms with Gasteiger partial charge in [-0.3, -0.25) is 4.98 Å². The number of nitrogens with zero attached hydrogens (tertiary/aromatic N) is 3. The minimum Gasteiger partial charge on any atom is -0.475 e. The normalized spacial score (nSPS) is 18.6. The molecule has 0 bridgehead atoms. The van der Waals surface area contributed by atoms with Gasteiger partial charge in [0.15, 0.2) is 0 Å². The second-order valence-corrected chi connectivity index (χ2v) is 6.89. The summed E-state index contributed by atoms with van der Waals surface area (Å²) in [6.07, 6.45) is 5.48. The third-order valence-electron chi connectivity index (χ3n) is 4.86. The van der Waals surface area contributed by atoms with E-state index in [-0.39, 0.29) is 0 Å². The van der Waals surface area contributed by atoms with Crippen molar-refractivity contribution >= 4 is 5.97 Å². The topological polar surface area (TPSA) is 101 Å². The van der Waals surface area contributed by atoms with Crippen LogP contribution in [0.1, 0.15) is 47.9 Å². The summed E-state index contributed by atoms with van der Waals surface area (Å²) in [6.45, 7) is 3.88. The summed E-state index contributed by atoms with van der Waals surface area (Å²) in [4.78, 5) is 18.1. The molecule has 29 heavy (non-hydrogen) atoms. The number of rotatable bonds is 2. The zero-order chi connectivity index (χ0) is 21.0. The van der Waals surface area contributed by atoms with E-state index >= 15 is 0 Å². The number of hydrogen-bond donors (Lipinski definition) is 2. The number of carbonyl (C=O) groups is 1. The number of pyridine rings is 1. The summed E-state index contributed by atoms with van der Waals surface area (Å²) in [7, 11) is 0. The van der Waals surface area contributed by atoms with Gasteiger partial charge >= 0.3 is 12.1 Å². The van der Waals surface area contributed by atoms with Gasteiger partial charge in [-0.25, -0.2) is 4.79 Å². The molecule has 1 atom stereocenters. The molecule has 2 N–H and O–H groups in total. The van der Waals surface area contributed by atoms with Gasteiger partial charge in [-0.05, 0) is 50.3 Å². The number of aromatic nitrogens is 3. The van der Waals surface area contributed by atoms with E-state index in [0.29, 0.717) is 11.7 Å². The molecule has 0 fully saturated rings. The number of carboxylic acids is 1. The molecule has 2 aromatic rings. The second-order valence-electron chi connectivity index (χ2n) is 6.89. The minimum absolute atomic E-state index is 0.362. The fourth-order valence-corrected chi connectivity index (χ4v) is 3.39. The molecule has 4 rings (SSSR count). The Morgan fingerprint density at radius 3 is 2.76 bits per heavy atom. The quantitative estimate of drug-likeness (QED) is 0.730. The Labute approximate surface area is 165 Å². The van der Waals surface area contributed by atoms with Crippen LogP contribution in [-0.2, 0) is 17.8 Å². The maximum atomic E-state index is 10.6. The van der Waals surface area contributed by atoms with E-state index in [9.17, 15) is 13.2 Å². The molecule has 1 unspecified atom stereocenters. The fraction of sp³-hybridized carbons (Fsp3) is 0.474. The molecule has 2 aromatic heterocycles. The van der Waals surface area contributed by atoms with Gasteiger partial charge in [-0.15, -0.1) is 0 Å². The molecule has 0 radical (unpaired) electrons. The molecule has 0 saturated heterocycles. The first-order valence-corrected chi connectivity index (χ1v) is 9.24. The number of fused-ring (bicyclic) bond motifs is 1. The average Bonchev–Trinajstić information content (AvgIpc) is 3.18. The van der Waals surface area contributed by atoms with Gasteiger partial charge in [-0.2, -0.15) is 18.2 Å². The molecule has 1 aliphatic carbocycles. The molecule has 156 valence electrons. The van der Waals surface area contributed by atoms with Gasteiger partial charge in [0.05, 0.1) is 0 Å². The Hall–Kier alpha value is -2.75. The number of aryl methyl sites for hydroxylation is 1. The van der Waals surface area contributed by atoms with Gasteiger partial charge in [-0.1, -0.05) is 17.3 Å². The first-order chi connectivity index (χ1) is 13.8. The molecule has 1 aliphatic heterocycles. The molecule has 7 nitrogen and oxygen atoms in total. The van der Waals surface area contributed by atoms with E-state index < -0.39 is 12.1 Å². The minimum atomic E-state index is -5.08. The third-order valence-corrected chi connectivity index (χ3v) is 4.86. The highest BCUT2D eigenvalue weighted by Crippen LogP contribution is 2.32. The Morgan fingerprint density at radius 2 is 2.10 bits per heavy atom. The highest BCUT2D eigenvalue weighted by atomic mass is 19.4. The highest BCUT2D eigenvalue weighted by Gasteiger charge is 2.38. The van der Waals surface area contributed by atoms with Crippen LogP contribution in [0.4, 0.5) is 13.2 Å². The van der Waals surface area contributed by atoms with Crippen molar-refractivity contribution in [3.05, 3.63) is 41.1 Å². The smallest absolute Gasteiger partial charge is 0.475 e. The Balaban J connectivity index is 0.000000298. The summed E-state index contributed by atoms with van der Waals surface area (Å²) in [5.74, 6) is -0.924. The largest absolute Gasteiger partial charge is 0.490 e. The Bertz CT molecular complexity index is 909. The van der Waals surface area contributed by atoms with Crippen molar-refractivity contribution in [2.24, 2.45) is 0 Å². The molecular formula is C19H21F3N4O3. The lowest BCUT2D eigenvalue weighted by Gasteiger charge is -2.19. The van der Waals surface area contributed by atoms with E-state index in [1.54, 1.807) is 0 Å². The summed E-state index contributed by atoms with van der Waals surface area (Å²) in [5, 5.41) is 14.8. The molecule has 10 heteroatoms. The van der Waals surface area contributed by atoms with Crippen molar-refractivity contribution in [3.63, 3.8) is 0 Å². The number of allylic oxidation sites excluding steroid dienone is 2. The maximum absolute atomic E-state index is 10.6. The Kier molecular flexibility index (Phi) is 6.31. The average molecular weight is 410 g/mol. The van der Waals surface area contributed by atoms with Crippen molar-refractivity contribution in [1.82, 2.24) is 20.4 Å². The molecule has 0 amide bonds. The predicted molar refractivity (Wildman–Crippen MR) is 97.1 cm³/mol. The van der Waals surface area contributed by atoms with Crippen molar-refractivity contribution in [2.45, 2.75) is 51.2 Å². The SMILES string of the molecule is Cc1ncc2c(c1-c1noc(C3CC=CCC3)n1)CCNC2.O=C(O)C(F)(F)F. The summed E-state index contributed by atoms with van der Waals surface area (Å²) >= 11 is 0. The van der Waals surface area contributed by atoms with Crippen molar-refractivity contribution < 1.29 is 27.6 Å². The number of nitrogens with one attached hydrogen (secondary N) is 1. The van der Waals surface area contributed by atoms with E-state index in [1.807, 2.05) is 13.1 Å². The van der Waals surface area contributed by atoms with Gasteiger partial charge in [0.1, 0.15) is 0 Å². The van der Waals surface area contributed by atoms with E-state index in [2.05, 4.69) is 27.6 Å². The van der Waals surface area contributed by atoms with Crippen molar-refractivity contribution in [3.8, 4) is 11.4 Å². The zero-order valence-corrected chi connectivity index (χ0v) is 15.8. The van der Waals surface area contributed by atoms with Crippen LogP contribution in [0.15, 0.2) is 22.9 Å². The number of alkyl halides is 3. The molecule has 0 saturated carbocycles. The predicted octanol–water partition coefficient (Wildman–Crippen LogP) is 3.54. The van der Waals surface area contributed by atoms with Crippen LogP contribution in [0, 0.1) is 6.92 Å². The van der Waals surface area contributed by atoms with Crippen LogP contribution >= 0.6 is 0 Å². The van der Waals surface area contributed by atoms with Crippen LogP contribution < -0.4 is 5.32 Å². The number of halogens is 3. The molecule has 3 heterocycles. The van der Waals surface area contributed by atoms with Crippen LogP contribution in [0.25, 0.3) is 11.4 Å². The second kappa shape index (κ2) is 8.73. The van der Waals surface area contributed by atoms with Crippen molar-refractivity contribution in [2.75, 3.05) is 6.54 Å². The van der Waals surface area contributed by atoms with Gasteiger partial charge in [0.2, 0.25) is 11.7 Å². The van der Waals surface area contributed by atoms with Crippen LogP contribution in [0.2, 0.25) is 0 Å². The van der Waals surface area contributed by atoms with E-state index in [4.69, 9.17) is 19.4 Å².